The summed E-state index contributed by atoms with van der Waals surface area (Å²) in [6, 6.07) is 0.150. The Balaban J connectivity index is 2.56. The van der Waals surface area contributed by atoms with Crippen LogP contribution in [0.2, 0.25) is 0 Å². The highest BCUT2D eigenvalue weighted by Crippen LogP contribution is 2.37. The van der Waals surface area contributed by atoms with Crippen LogP contribution in [0, 0.1) is 5.41 Å². The topological polar surface area (TPSA) is 46.2 Å². The summed E-state index contributed by atoms with van der Waals surface area (Å²) in [6.45, 7) is 7.80. The molecule has 0 aliphatic heterocycles. The van der Waals surface area contributed by atoms with Crippen molar-refractivity contribution >= 4 is 10.0 Å². The molecule has 1 saturated carbocycles. The van der Waals surface area contributed by atoms with Crippen LogP contribution in [0.15, 0.2) is 0 Å². The highest BCUT2D eigenvalue weighted by molar-refractivity contribution is 7.90. The average molecular weight is 219 g/mol. The first-order valence-electron chi connectivity index (χ1n) is 5.24. The zero-order valence-electron chi connectivity index (χ0n) is 9.50. The average Bonchev–Trinajstić information content (AvgIpc) is 2.28. The van der Waals surface area contributed by atoms with Gasteiger partial charge in [-0.05, 0) is 38.5 Å². The van der Waals surface area contributed by atoms with E-state index in [1.54, 1.807) is 13.8 Å². The van der Waals surface area contributed by atoms with Crippen LogP contribution in [0.1, 0.15) is 47.0 Å². The van der Waals surface area contributed by atoms with E-state index in [-0.39, 0.29) is 11.3 Å². The lowest BCUT2D eigenvalue weighted by Crippen LogP contribution is -2.38. The molecule has 0 amide bonds. The summed E-state index contributed by atoms with van der Waals surface area (Å²) in [5.74, 6) is 0. The third-order valence-electron chi connectivity index (χ3n) is 2.92. The summed E-state index contributed by atoms with van der Waals surface area (Å²) in [7, 11) is -3.08. The molecular weight excluding hydrogens is 198 g/mol. The minimum Gasteiger partial charge on any atom is -0.212 e. The predicted octanol–water partition coefficient (Wildman–Crippen LogP) is 1.89. The lowest BCUT2D eigenvalue weighted by Gasteiger charge is -2.18. The van der Waals surface area contributed by atoms with Crippen LogP contribution in [0.5, 0.6) is 0 Å². The Kier molecular flexibility index (Phi) is 3.26. The quantitative estimate of drug-likeness (QED) is 0.788. The van der Waals surface area contributed by atoms with Crippen LogP contribution in [0.4, 0.5) is 0 Å². The molecule has 14 heavy (non-hydrogen) atoms. The van der Waals surface area contributed by atoms with E-state index in [1.165, 1.54) is 0 Å². The second-order valence-electron chi connectivity index (χ2n) is 5.32. The molecule has 0 radical (unpaired) electrons. The molecule has 1 N–H and O–H groups in total. The van der Waals surface area contributed by atoms with Crippen LogP contribution in [0.25, 0.3) is 0 Å². The molecule has 4 heteroatoms. The SMILES string of the molecule is CC(C)S(=O)(=O)NC1CCC(C)(C)C1. The van der Waals surface area contributed by atoms with Crippen LogP contribution >= 0.6 is 0 Å². The first kappa shape index (κ1) is 12.0. The Morgan fingerprint density at radius 1 is 1.36 bits per heavy atom. The highest BCUT2D eigenvalue weighted by Gasteiger charge is 2.33. The number of hydrogen-bond acceptors (Lipinski definition) is 2. The van der Waals surface area contributed by atoms with Crippen LogP contribution in [-0.2, 0) is 10.0 Å². The number of sulfonamides is 1. The van der Waals surface area contributed by atoms with Crippen molar-refractivity contribution in [2.24, 2.45) is 5.41 Å². The van der Waals surface area contributed by atoms with Crippen molar-refractivity contribution in [3.8, 4) is 0 Å². The summed E-state index contributed by atoms with van der Waals surface area (Å²) in [6.07, 6.45) is 3.04. The fourth-order valence-corrected chi connectivity index (χ4v) is 2.84. The van der Waals surface area contributed by atoms with Gasteiger partial charge in [0.05, 0.1) is 5.25 Å². The molecule has 3 nitrogen and oxygen atoms in total. The smallest absolute Gasteiger partial charge is 0.212 e. The molecule has 1 fully saturated rings. The van der Waals surface area contributed by atoms with Gasteiger partial charge in [0.25, 0.3) is 0 Å². The van der Waals surface area contributed by atoms with E-state index in [1.807, 2.05) is 0 Å². The van der Waals surface area contributed by atoms with Crippen molar-refractivity contribution < 1.29 is 8.42 Å². The van der Waals surface area contributed by atoms with Crippen LogP contribution < -0.4 is 4.72 Å². The van der Waals surface area contributed by atoms with Gasteiger partial charge in [-0.15, -0.1) is 0 Å². The van der Waals surface area contributed by atoms with E-state index < -0.39 is 10.0 Å². The van der Waals surface area contributed by atoms with Gasteiger partial charge in [-0.1, -0.05) is 13.8 Å². The second kappa shape index (κ2) is 3.81. The molecule has 0 spiro atoms. The van der Waals surface area contributed by atoms with Crippen molar-refractivity contribution in [3.63, 3.8) is 0 Å². The molecule has 0 heterocycles. The molecule has 1 aliphatic rings. The minimum absolute atomic E-state index is 0.150. The maximum atomic E-state index is 11.6. The Bertz CT molecular complexity index is 293. The van der Waals surface area contributed by atoms with E-state index in [4.69, 9.17) is 0 Å². The van der Waals surface area contributed by atoms with E-state index >= 15 is 0 Å². The fourth-order valence-electron chi connectivity index (χ4n) is 1.91. The molecule has 0 aromatic rings. The molecule has 1 atom stereocenters. The largest absolute Gasteiger partial charge is 0.214 e. The molecule has 0 saturated heterocycles. The van der Waals surface area contributed by atoms with Crippen molar-refractivity contribution in [1.29, 1.82) is 0 Å². The first-order chi connectivity index (χ1) is 6.23. The molecular formula is C10H21NO2S. The van der Waals surface area contributed by atoms with Crippen molar-refractivity contribution in [2.75, 3.05) is 0 Å². The summed E-state index contributed by atoms with van der Waals surface area (Å²) in [4.78, 5) is 0. The van der Waals surface area contributed by atoms with Crippen molar-refractivity contribution in [1.82, 2.24) is 4.72 Å². The van der Waals surface area contributed by atoms with E-state index in [9.17, 15) is 8.42 Å². The molecule has 1 unspecified atom stereocenters. The molecule has 1 aliphatic carbocycles. The van der Waals surface area contributed by atoms with Gasteiger partial charge >= 0.3 is 0 Å². The Labute approximate surface area is 87.3 Å². The highest BCUT2D eigenvalue weighted by atomic mass is 32.2. The van der Waals surface area contributed by atoms with Gasteiger partial charge in [-0.3, -0.25) is 0 Å². The number of rotatable bonds is 3. The van der Waals surface area contributed by atoms with Gasteiger partial charge in [0.1, 0.15) is 0 Å². The van der Waals surface area contributed by atoms with Crippen LogP contribution in [0.3, 0.4) is 0 Å². The van der Waals surface area contributed by atoms with Gasteiger partial charge in [-0.2, -0.15) is 0 Å². The summed E-state index contributed by atoms with van der Waals surface area (Å²) >= 11 is 0. The maximum Gasteiger partial charge on any atom is 0.214 e. The molecule has 0 aromatic heterocycles. The van der Waals surface area contributed by atoms with E-state index in [0.717, 1.165) is 19.3 Å². The monoisotopic (exact) mass is 219 g/mol. The van der Waals surface area contributed by atoms with Crippen molar-refractivity contribution in [3.05, 3.63) is 0 Å². The summed E-state index contributed by atoms with van der Waals surface area (Å²) in [5, 5.41) is -0.328. The summed E-state index contributed by atoms with van der Waals surface area (Å²) in [5.41, 5.74) is 0.296. The van der Waals surface area contributed by atoms with Gasteiger partial charge in [0.15, 0.2) is 0 Å². The van der Waals surface area contributed by atoms with Crippen molar-refractivity contribution in [2.45, 2.75) is 58.2 Å². The Morgan fingerprint density at radius 3 is 2.29 bits per heavy atom. The summed E-state index contributed by atoms with van der Waals surface area (Å²) < 4.78 is 26.0. The number of nitrogens with one attached hydrogen (secondary N) is 1. The second-order valence-corrected chi connectivity index (χ2v) is 7.58. The molecule has 84 valence electrons. The standard InChI is InChI=1S/C10H21NO2S/c1-8(2)14(12,13)11-9-5-6-10(3,4)7-9/h8-9,11H,5-7H2,1-4H3. The zero-order valence-corrected chi connectivity index (χ0v) is 10.3. The Hall–Kier alpha value is -0.0900. The van der Waals surface area contributed by atoms with Gasteiger partial charge in [0.2, 0.25) is 10.0 Å². The lowest BCUT2D eigenvalue weighted by molar-refractivity contribution is 0.372. The van der Waals surface area contributed by atoms with Gasteiger partial charge in [-0.25, -0.2) is 13.1 Å². The molecule has 0 aromatic carbocycles. The number of hydrogen-bond donors (Lipinski definition) is 1. The fraction of sp³-hybridized carbons (Fsp3) is 1.00. The zero-order chi connectivity index (χ0) is 11.0. The predicted molar refractivity (Wildman–Crippen MR) is 58.6 cm³/mol. The van der Waals surface area contributed by atoms with Crippen LogP contribution in [-0.4, -0.2) is 19.7 Å². The third-order valence-corrected chi connectivity index (χ3v) is 4.82. The minimum atomic E-state index is -3.08. The van der Waals surface area contributed by atoms with Gasteiger partial charge < -0.3 is 0 Å². The normalized spacial score (nSPS) is 27.1. The van der Waals surface area contributed by atoms with E-state index in [0.29, 0.717) is 5.41 Å². The lowest BCUT2D eigenvalue weighted by atomic mass is 9.92. The molecule has 1 rings (SSSR count). The molecule has 0 bridgehead atoms. The maximum absolute atomic E-state index is 11.6. The first-order valence-corrected chi connectivity index (χ1v) is 6.79. The van der Waals surface area contributed by atoms with Gasteiger partial charge in [0, 0.05) is 6.04 Å². The van der Waals surface area contributed by atoms with E-state index in [2.05, 4.69) is 18.6 Å². The third kappa shape index (κ3) is 2.95. The Morgan fingerprint density at radius 2 is 1.93 bits per heavy atom.